The average molecular weight is 346 g/mol. The van der Waals surface area contributed by atoms with Gasteiger partial charge in [-0.3, -0.25) is 0 Å². The van der Waals surface area contributed by atoms with Gasteiger partial charge >= 0.3 is 125 Å². The van der Waals surface area contributed by atoms with Crippen molar-refractivity contribution >= 4 is 50.4 Å². The van der Waals surface area contributed by atoms with E-state index in [0.29, 0.717) is 0 Å². The van der Waals surface area contributed by atoms with E-state index in [-0.39, 0.29) is 0 Å². The quantitative estimate of drug-likeness (QED) is 0.506. The van der Waals surface area contributed by atoms with Crippen molar-refractivity contribution in [2.24, 2.45) is 0 Å². The minimum atomic E-state index is -1.28. The number of hydrogen-bond donors (Lipinski definition) is 0. The topological polar surface area (TPSA) is 9.23 Å². The van der Waals surface area contributed by atoms with E-state index in [1.54, 1.807) is 15.8 Å². The molecule has 2 aromatic heterocycles. The van der Waals surface area contributed by atoms with Gasteiger partial charge in [0.05, 0.1) is 0 Å². The molecule has 4 heteroatoms. The molecule has 0 saturated heterocycles. The number of methoxy groups -OCH3 is 1. The maximum atomic E-state index is 5.26. The van der Waals surface area contributed by atoms with Crippen LogP contribution in [0.2, 0.25) is 0 Å². The molecule has 0 aliphatic carbocycles. The van der Waals surface area contributed by atoms with E-state index in [2.05, 4.69) is 47.2 Å². The van der Waals surface area contributed by atoms with Crippen LogP contribution in [0.15, 0.2) is 47.2 Å². The molecule has 3 aromatic rings. The number of ether oxygens (including phenoxy) is 1. The summed E-state index contributed by atoms with van der Waals surface area (Å²) in [5.74, 6) is 0.938. The van der Waals surface area contributed by atoms with Gasteiger partial charge in [0.25, 0.3) is 0 Å². The van der Waals surface area contributed by atoms with Crippen molar-refractivity contribution in [3.05, 3.63) is 47.2 Å². The van der Waals surface area contributed by atoms with E-state index in [1.165, 1.54) is 14.1 Å². The van der Waals surface area contributed by atoms with Crippen LogP contribution in [0.25, 0.3) is 9.75 Å². The van der Waals surface area contributed by atoms with E-state index in [0.717, 1.165) is 5.75 Å². The second kappa shape index (κ2) is 4.52. The summed E-state index contributed by atoms with van der Waals surface area (Å²) in [6, 6.07) is 13.3. The molecule has 1 aromatic carbocycles. The monoisotopic (exact) mass is 346 g/mol. The summed E-state index contributed by atoms with van der Waals surface area (Å²) < 4.78 is 9.95. The number of rotatable bonds is 2. The number of benzene rings is 1. The molecule has 1 nitrogen and oxygen atoms in total. The Morgan fingerprint density at radius 2 is 1.42 bits per heavy atom. The van der Waals surface area contributed by atoms with Gasteiger partial charge in [-0.25, -0.2) is 0 Å². The molecule has 0 spiro atoms. The van der Waals surface area contributed by atoms with Gasteiger partial charge in [0, 0.05) is 0 Å². The maximum absolute atomic E-state index is 5.26. The second-order valence-electron chi connectivity index (χ2n) is 4.30. The molecule has 0 radical (unpaired) electrons. The molecule has 4 rings (SSSR count). The average Bonchev–Trinajstić information content (AvgIpc) is 3.11. The van der Waals surface area contributed by atoms with Gasteiger partial charge in [-0.1, -0.05) is 0 Å². The fourth-order valence-electron chi connectivity index (χ4n) is 2.44. The Hall–Kier alpha value is -1.02. The third-order valence-corrected chi connectivity index (χ3v) is 11.3. The van der Waals surface area contributed by atoms with Crippen LogP contribution in [-0.4, -0.2) is 21.8 Å². The van der Waals surface area contributed by atoms with E-state index in [1.807, 2.05) is 22.7 Å². The SMILES string of the molecule is COc1ccc([As]2c3ccsc3-c3sccc32)cc1. The van der Waals surface area contributed by atoms with Gasteiger partial charge in [-0.2, -0.15) is 0 Å². The first-order valence-corrected chi connectivity index (χ1v) is 10.6. The summed E-state index contributed by atoms with van der Waals surface area (Å²) >= 11 is 2.49. The first-order chi connectivity index (χ1) is 9.38. The fourth-order valence-corrected chi connectivity index (χ4v) is 11.5. The molecule has 3 heterocycles. The predicted octanol–water partition coefficient (Wildman–Crippen LogP) is 2.31. The van der Waals surface area contributed by atoms with Crippen LogP contribution in [0, 0.1) is 0 Å². The zero-order chi connectivity index (χ0) is 12.8. The van der Waals surface area contributed by atoms with Gasteiger partial charge < -0.3 is 0 Å². The van der Waals surface area contributed by atoms with Crippen molar-refractivity contribution in [2.75, 3.05) is 7.11 Å². The van der Waals surface area contributed by atoms with Crippen molar-refractivity contribution in [1.82, 2.24) is 0 Å². The van der Waals surface area contributed by atoms with Gasteiger partial charge in [0.15, 0.2) is 0 Å². The van der Waals surface area contributed by atoms with Crippen LogP contribution in [0.3, 0.4) is 0 Å². The van der Waals surface area contributed by atoms with Crippen molar-refractivity contribution < 1.29 is 4.74 Å². The molecule has 0 fully saturated rings. The van der Waals surface area contributed by atoms with Gasteiger partial charge in [-0.15, -0.1) is 0 Å². The summed E-state index contributed by atoms with van der Waals surface area (Å²) in [4.78, 5) is 3.03. The van der Waals surface area contributed by atoms with E-state index in [4.69, 9.17) is 4.74 Å². The zero-order valence-electron chi connectivity index (χ0n) is 10.3. The Labute approximate surface area is 124 Å². The molecule has 0 amide bonds. The minimum absolute atomic E-state index is 0.938. The molecule has 1 aliphatic heterocycles. The van der Waals surface area contributed by atoms with E-state index < -0.39 is 14.7 Å². The second-order valence-corrected chi connectivity index (χ2v) is 10.6. The van der Waals surface area contributed by atoms with Gasteiger partial charge in [0.1, 0.15) is 0 Å². The van der Waals surface area contributed by atoms with Crippen LogP contribution in [0.1, 0.15) is 0 Å². The Bertz CT molecular complexity index is 686. The molecule has 0 bridgehead atoms. The summed E-state index contributed by atoms with van der Waals surface area (Å²) in [6.07, 6.45) is 0. The third kappa shape index (κ3) is 1.73. The van der Waals surface area contributed by atoms with Crippen LogP contribution in [0.4, 0.5) is 0 Å². The normalized spacial score (nSPS) is 13.3. The number of hydrogen-bond acceptors (Lipinski definition) is 3. The molecule has 0 N–H and O–H groups in total. The Morgan fingerprint density at radius 1 is 0.842 bits per heavy atom. The Morgan fingerprint density at radius 3 is 1.95 bits per heavy atom. The van der Waals surface area contributed by atoms with Crippen molar-refractivity contribution in [3.63, 3.8) is 0 Å². The molecular weight excluding hydrogens is 335 g/mol. The summed E-state index contributed by atoms with van der Waals surface area (Å²) in [7, 11) is 1.72. The number of fused-ring (bicyclic) bond motifs is 3. The Balaban J connectivity index is 1.87. The fraction of sp³-hybridized carbons (Fsp3) is 0.0667. The summed E-state index contributed by atoms with van der Waals surface area (Å²) in [6.45, 7) is 0. The number of thiophene rings is 2. The van der Waals surface area contributed by atoms with Crippen LogP contribution in [0.5, 0.6) is 5.75 Å². The van der Waals surface area contributed by atoms with Crippen LogP contribution < -0.4 is 17.8 Å². The molecular formula is C15H11AsOS2. The molecule has 0 saturated carbocycles. The van der Waals surface area contributed by atoms with Gasteiger partial charge in [0.2, 0.25) is 0 Å². The van der Waals surface area contributed by atoms with Crippen molar-refractivity contribution in [3.8, 4) is 15.5 Å². The first-order valence-electron chi connectivity index (χ1n) is 5.98. The standard InChI is InChI=1S/C15H11AsOS2/c1-17-11-4-2-10(3-5-11)16-12-6-8-18-14(12)15-13(16)7-9-19-15/h2-9H,1H3. The van der Waals surface area contributed by atoms with Crippen LogP contribution >= 0.6 is 22.7 Å². The van der Waals surface area contributed by atoms with E-state index >= 15 is 0 Å². The van der Waals surface area contributed by atoms with E-state index in [9.17, 15) is 0 Å². The molecule has 19 heavy (non-hydrogen) atoms. The summed E-state index contributed by atoms with van der Waals surface area (Å²) in [5, 5.41) is 4.47. The van der Waals surface area contributed by atoms with Crippen molar-refractivity contribution in [1.29, 1.82) is 0 Å². The van der Waals surface area contributed by atoms with Crippen LogP contribution in [-0.2, 0) is 0 Å². The third-order valence-electron chi connectivity index (χ3n) is 3.31. The van der Waals surface area contributed by atoms with Crippen molar-refractivity contribution in [2.45, 2.75) is 0 Å². The van der Waals surface area contributed by atoms with Gasteiger partial charge in [-0.05, 0) is 0 Å². The molecule has 1 aliphatic rings. The summed E-state index contributed by atoms with van der Waals surface area (Å²) in [5.41, 5.74) is 0. The first kappa shape index (κ1) is 11.8. The Kier molecular flexibility index (Phi) is 2.80. The molecule has 94 valence electrons. The predicted molar refractivity (Wildman–Crippen MR) is 85.3 cm³/mol. The molecule has 0 unspecified atom stereocenters. The zero-order valence-corrected chi connectivity index (χ0v) is 13.8. The molecule has 0 atom stereocenters.